The van der Waals surface area contributed by atoms with E-state index in [4.69, 9.17) is 0 Å². The van der Waals surface area contributed by atoms with Gasteiger partial charge in [0, 0.05) is 0 Å². The Morgan fingerprint density at radius 2 is 0.750 bits per heavy atom. The molecule has 0 nitrogen and oxygen atoms in total. The molecule has 40 valence electrons. The van der Waals surface area contributed by atoms with Crippen molar-refractivity contribution in [2.24, 2.45) is 0 Å². The summed E-state index contributed by atoms with van der Waals surface area (Å²) in [5, 5.41) is 0. The number of hydrogen-bond donors (Lipinski definition) is 0. The van der Waals surface area contributed by atoms with Gasteiger partial charge in [0.15, 0.2) is 0 Å². The molecule has 0 radical (unpaired) electrons. The third-order valence-corrected chi connectivity index (χ3v) is 0. The van der Waals surface area contributed by atoms with Crippen molar-refractivity contribution in [2.45, 2.75) is 0 Å². The van der Waals surface area contributed by atoms with Gasteiger partial charge in [-0.1, -0.05) is 0 Å². The number of hydrogen-bond acceptors (Lipinski definition) is 0. The van der Waals surface area contributed by atoms with Crippen LogP contribution >= 0.6 is 0 Å². The molecule has 0 bridgehead atoms. The standard InChI is InChI=1S/BF4.FH.2K/c2-1(3,4)5;;;/h;1H;;/q-1;;2*+1/p-1. The second-order valence-electron chi connectivity index (χ2n) is 0.495. The second kappa shape index (κ2) is 9.99. The zero-order chi connectivity index (χ0) is 4.50. The summed E-state index contributed by atoms with van der Waals surface area (Å²) in [5.74, 6) is 0. The van der Waals surface area contributed by atoms with Crippen LogP contribution in [0.4, 0.5) is 17.3 Å². The van der Waals surface area contributed by atoms with Gasteiger partial charge in [0.2, 0.25) is 0 Å². The molecule has 0 atom stereocenters. The van der Waals surface area contributed by atoms with Crippen LogP contribution in [0.5, 0.6) is 0 Å². The molecule has 0 unspecified atom stereocenters. The quantitative estimate of drug-likeness (QED) is 0.259. The fraction of sp³-hybridized carbons (Fsp3) is 0. The molecule has 0 fully saturated rings. The molecule has 0 rings (SSSR count). The van der Waals surface area contributed by atoms with E-state index in [0.717, 1.165) is 0 Å². The molecule has 0 N–H and O–H groups in total. The summed E-state index contributed by atoms with van der Waals surface area (Å²) < 4.78 is 39.0. The molecule has 0 saturated heterocycles. The monoisotopic (exact) mass is 184 g/mol. The fourth-order valence-electron chi connectivity index (χ4n) is 0. The first-order chi connectivity index (χ1) is 2.00. The molecular weight excluding hydrogens is 184 g/mol. The molecule has 0 aliphatic rings. The first-order valence-electron chi connectivity index (χ1n) is 0.873. The molecule has 0 aliphatic carbocycles. The maximum absolute atomic E-state index is 9.75. The summed E-state index contributed by atoms with van der Waals surface area (Å²) in [7, 11) is -6.00. The molecule has 0 aromatic carbocycles. The first-order valence-corrected chi connectivity index (χ1v) is 0.873. The molecule has 0 amide bonds. The third kappa shape index (κ3) is 64.2. The topological polar surface area (TPSA) is 0 Å². The van der Waals surface area contributed by atoms with E-state index >= 15 is 0 Å². The van der Waals surface area contributed by atoms with Crippen molar-refractivity contribution in [1.29, 1.82) is 0 Å². The van der Waals surface area contributed by atoms with E-state index in [2.05, 4.69) is 0 Å². The third-order valence-electron chi connectivity index (χ3n) is 0. The molecule has 8 heteroatoms. The molecule has 0 aromatic heterocycles. The van der Waals surface area contributed by atoms with Gasteiger partial charge in [-0.25, -0.2) is 0 Å². The van der Waals surface area contributed by atoms with Crippen LogP contribution in [0.1, 0.15) is 0 Å². The van der Waals surface area contributed by atoms with Crippen LogP contribution in [0.3, 0.4) is 0 Å². The van der Waals surface area contributed by atoms with Gasteiger partial charge < -0.3 is 22.0 Å². The minimum Gasteiger partial charge on any atom is -1.00 e. The molecule has 0 heterocycles. The van der Waals surface area contributed by atoms with Crippen LogP contribution in [0.15, 0.2) is 0 Å². The minimum atomic E-state index is -6.00. The maximum atomic E-state index is 9.75. The van der Waals surface area contributed by atoms with Crippen molar-refractivity contribution < 1.29 is 125 Å². The van der Waals surface area contributed by atoms with Gasteiger partial charge in [-0.15, -0.1) is 0 Å². The average molecular weight is 184 g/mol. The minimum absolute atomic E-state index is 0. The Morgan fingerprint density at radius 1 is 0.750 bits per heavy atom. The van der Waals surface area contributed by atoms with E-state index in [0.29, 0.717) is 0 Å². The number of rotatable bonds is 0. The molecule has 8 heavy (non-hydrogen) atoms. The maximum Gasteiger partial charge on any atom is 1.00 e. The van der Waals surface area contributed by atoms with Crippen LogP contribution in [0.2, 0.25) is 0 Å². The molecule has 0 aromatic rings. The van der Waals surface area contributed by atoms with Crippen molar-refractivity contribution in [3.63, 3.8) is 0 Å². The van der Waals surface area contributed by atoms with Gasteiger partial charge in [-0.2, -0.15) is 0 Å². The first kappa shape index (κ1) is 22.4. The van der Waals surface area contributed by atoms with Gasteiger partial charge in [0.1, 0.15) is 0 Å². The molecule has 0 saturated carbocycles. The predicted molar refractivity (Wildman–Crippen MR) is 10.2 cm³/mol. The normalized spacial score (nSPS) is 7.50. The van der Waals surface area contributed by atoms with Crippen LogP contribution in [0.25, 0.3) is 0 Å². The fourth-order valence-corrected chi connectivity index (χ4v) is 0. The van der Waals surface area contributed by atoms with Gasteiger partial charge in [-0.05, 0) is 0 Å². The number of halogens is 5. The van der Waals surface area contributed by atoms with Crippen LogP contribution in [0, 0.1) is 0 Å². The zero-order valence-corrected chi connectivity index (χ0v) is 10.7. The van der Waals surface area contributed by atoms with E-state index in [-0.39, 0.29) is 107 Å². The van der Waals surface area contributed by atoms with Crippen molar-refractivity contribution >= 4 is 7.25 Å². The summed E-state index contributed by atoms with van der Waals surface area (Å²) in [6.07, 6.45) is 0. The molecular formula is BF5K2. The smallest absolute Gasteiger partial charge is 1.00 e. The van der Waals surface area contributed by atoms with Crippen molar-refractivity contribution in [2.75, 3.05) is 0 Å². The van der Waals surface area contributed by atoms with Gasteiger partial charge >= 0.3 is 110 Å². The van der Waals surface area contributed by atoms with Crippen LogP contribution in [-0.4, -0.2) is 7.25 Å². The SMILES string of the molecule is F[B-](F)(F)F.[F-].[K+].[K+]. The second-order valence-corrected chi connectivity index (χ2v) is 0.495. The Kier molecular flexibility index (Phi) is 28.0. The van der Waals surface area contributed by atoms with E-state index in [1.807, 2.05) is 0 Å². The Morgan fingerprint density at radius 3 is 0.750 bits per heavy atom. The van der Waals surface area contributed by atoms with Crippen LogP contribution < -0.4 is 107 Å². The summed E-state index contributed by atoms with van der Waals surface area (Å²) in [6, 6.07) is 0. The summed E-state index contributed by atoms with van der Waals surface area (Å²) >= 11 is 0. The van der Waals surface area contributed by atoms with Gasteiger partial charge in [-0.3, -0.25) is 0 Å². The van der Waals surface area contributed by atoms with E-state index in [1.54, 1.807) is 0 Å². The Balaban J connectivity index is -0.0000000267. The van der Waals surface area contributed by atoms with E-state index < -0.39 is 7.25 Å². The largest absolute Gasteiger partial charge is 1.00 e. The van der Waals surface area contributed by atoms with Gasteiger partial charge in [0.25, 0.3) is 0 Å². The predicted octanol–water partition coefficient (Wildman–Crippen LogP) is -7.69. The summed E-state index contributed by atoms with van der Waals surface area (Å²) in [5.41, 5.74) is 0. The zero-order valence-electron chi connectivity index (χ0n) is 4.47. The van der Waals surface area contributed by atoms with E-state index in [9.17, 15) is 17.3 Å². The average Bonchev–Trinajstić information content (AvgIpc) is 0.722. The van der Waals surface area contributed by atoms with Crippen molar-refractivity contribution in [3.05, 3.63) is 0 Å². The van der Waals surface area contributed by atoms with Crippen molar-refractivity contribution in [3.8, 4) is 0 Å². The summed E-state index contributed by atoms with van der Waals surface area (Å²) in [4.78, 5) is 0. The van der Waals surface area contributed by atoms with Crippen LogP contribution in [-0.2, 0) is 0 Å². The molecule has 0 aliphatic heterocycles. The summed E-state index contributed by atoms with van der Waals surface area (Å²) in [6.45, 7) is 0. The van der Waals surface area contributed by atoms with Gasteiger partial charge in [0.05, 0.1) is 0 Å². The van der Waals surface area contributed by atoms with E-state index in [1.165, 1.54) is 0 Å². The Bertz CT molecular complexity index is 25.9. The Labute approximate surface area is 128 Å². The Hall–Kier alpha value is 2.99. The molecule has 0 spiro atoms. The van der Waals surface area contributed by atoms with Crippen molar-refractivity contribution in [1.82, 2.24) is 0 Å².